The minimum absolute atomic E-state index is 0.0300. The molecule has 2 N–H and O–H groups in total. The summed E-state index contributed by atoms with van der Waals surface area (Å²) in [6, 6.07) is 7.30. The Morgan fingerprint density at radius 1 is 1.10 bits per heavy atom. The van der Waals surface area contributed by atoms with E-state index in [0.717, 1.165) is 11.8 Å². The van der Waals surface area contributed by atoms with E-state index in [1.807, 2.05) is 0 Å². The summed E-state index contributed by atoms with van der Waals surface area (Å²) in [5.74, 6) is -2.80. The molecule has 2 fully saturated rings. The van der Waals surface area contributed by atoms with Gasteiger partial charge in [-0.1, -0.05) is 0 Å². The van der Waals surface area contributed by atoms with Gasteiger partial charge < -0.3 is 24.7 Å². The molecule has 2 aromatic carbocycles. The third-order valence-electron chi connectivity index (χ3n) is 8.97. The minimum atomic E-state index is -1.27. The van der Waals surface area contributed by atoms with Gasteiger partial charge in [0.05, 0.1) is 32.8 Å². The fourth-order valence-corrected chi connectivity index (χ4v) is 8.19. The summed E-state index contributed by atoms with van der Waals surface area (Å²) in [5.41, 5.74) is 1.48. The van der Waals surface area contributed by atoms with Gasteiger partial charge in [0.1, 0.15) is 18.3 Å². The Balaban J connectivity index is 1.37. The third kappa shape index (κ3) is 6.94. The maximum atomic E-state index is 13.2. The van der Waals surface area contributed by atoms with E-state index in [1.54, 1.807) is 33.2 Å². The number of rotatable bonds is 11. The van der Waals surface area contributed by atoms with Crippen molar-refractivity contribution in [3.63, 3.8) is 0 Å². The quantitative estimate of drug-likeness (QED) is 0.197. The van der Waals surface area contributed by atoms with E-state index in [4.69, 9.17) is 4.74 Å². The summed E-state index contributed by atoms with van der Waals surface area (Å²) in [5, 5.41) is 42.7. The highest BCUT2D eigenvalue weighted by molar-refractivity contribution is 8.00. The van der Waals surface area contributed by atoms with Crippen molar-refractivity contribution < 1.29 is 44.0 Å². The number of likely N-dealkylation sites (N-methyl/N-ethyl adjacent to an activating group) is 1. The molecule has 2 saturated heterocycles. The lowest BCUT2D eigenvalue weighted by Gasteiger charge is -2.44. The van der Waals surface area contributed by atoms with Gasteiger partial charge in [0.25, 0.3) is 11.4 Å². The van der Waals surface area contributed by atoms with E-state index in [-0.39, 0.29) is 60.3 Å². The number of nitro groups is 2. The molecule has 0 unspecified atom stereocenters. The number of carbonyl (C=O) groups is 4. The normalized spacial score (nSPS) is 22.0. The van der Waals surface area contributed by atoms with Crippen molar-refractivity contribution in [2.75, 3.05) is 20.6 Å². The highest BCUT2D eigenvalue weighted by atomic mass is 32.2. The van der Waals surface area contributed by atoms with Crippen LogP contribution in [-0.4, -0.2) is 103 Å². The van der Waals surface area contributed by atoms with Crippen molar-refractivity contribution in [1.82, 2.24) is 14.7 Å². The van der Waals surface area contributed by atoms with Crippen LogP contribution in [-0.2, 0) is 32.1 Å². The van der Waals surface area contributed by atoms with E-state index in [1.165, 1.54) is 45.9 Å². The predicted octanol–water partition coefficient (Wildman–Crippen LogP) is 3.26. The number of thioether (sulfide) groups is 1. The molecule has 2 aromatic rings. The van der Waals surface area contributed by atoms with Crippen molar-refractivity contribution >= 4 is 47.0 Å². The van der Waals surface area contributed by atoms with Gasteiger partial charge in [0, 0.05) is 43.6 Å². The fraction of sp³-hybridized carbons (Fsp3) is 0.438. The summed E-state index contributed by atoms with van der Waals surface area (Å²) in [7, 11) is 3.09. The molecule has 3 amide bonds. The average molecular weight is 698 g/mol. The molecule has 0 bridgehead atoms. The maximum absolute atomic E-state index is 13.2. The first-order valence-corrected chi connectivity index (χ1v) is 16.3. The minimum Gasteiger partial charge on any atom is -0.477 e. The number of carboxylic acids is 1. The van der Waals surface area contributed by atoms with Gasteiger partial charge in [-0.2, -0.15) is 0 Å². The molecule has 0 aliphatic carbocycles. The SMILES string of the molecule is Cc1cc(CC2=C(C(=O)O)N3C(=O)[C@H]([C@@H](C)O)[C@H]3C2)cc(S[C@H]2C[C@@H](C(=O)N(C)C)N(C(=O)OCc3ccc([N+](=O)[O-])cc3)C2)c1[N+](=O)[O-]. The maximum Gasteiger partial charge on any atom is 0.410 e. The van der Waals surface area contributed by atoms with E-state index < -0.39 is 57.2 Å². The zero-order chi connectivity index (χ0) is 35.9. The number of aryl methyl sites for hydroxylation is 1. The Hall–Kier alpha value is -5.03. The van der Waals surface area contributed by atoms with E-state index in [9.17, 15) is 49.6 Å². The summed E-state index contributed by atoms with van der Waals surface area (Å²) in [4.78, 5) is 77.4. The van der Waals surface area contributed by atoms with Gasteiger partial charge in [0.2, 0.25) is 11.8 Å². The number of nitrogens with zero attached hydrogens (tertiary/aromatic N) is 5. The second kappa shape index (κ2) is 13.8. The Kier molecular flexibility index (Phi) is 9.96. The molecule has 3 heterocycles. The molecule has 0 aromatic heterocycles. The fourth-order valence-electron chi connectivity index (χ4n) is 6.75. The number of fused-ring (bicyclic) bond motifs is 1. The van der Waals surface area contributed by atoms with Gasteiger partial charge in [-0.15, -0.1) is 11.8 Å². The number of carboxylic acid groups (broad SMARTS) is 1. The predicted molar refractivity (Wildman–Crippen MR) is 173 cm³/mol. The van der Waals surface area contributed by atoms with E-state index >= 15 is 0 Å². The third-order valence-corrected chi connectivity index (χ3v) is 10.2. The number of aliphatic hydroxyl groups is 1. The Morgan fingerprint density at radius 2 is 1.78 bits per heavy atom. The second-order valence-corrected chi connectivity index (χ2v) is 13.9. The lowest BCUT2D eigenvalue weighted by Crippen LogP contribution is -2.61. The molecule has 3 aliphatic heterocycles. The number of ether oxygens (including phenoxy) is 1. The molecular weight excluding hydrogens is 662 g/mol. The van der Waals surface area contributed by atoms with Crippen LogP contribution in [0.3, 0.4) is 0 Å². The molecule has 16 nitrogen and oxygen atoms in total. The number of hydrogen-bond acceptors (Lipinski definition) is 11. The number of non-ortho nitro benzene ring substituents is 1. The van der Waals surface area contributed by atoms with E-state index in [2.05, 4.69) is 0 Å². The smallest absolute Gasteiger partial charge is 0.410 e. The lowest BCUT2D eigenvalue weighted by molar-refractivity contribution is -0.388. The van der Waals surface area contributed by atoms with Crippen LogP contribution in [0.5, 0.6) is 0 Å². The zero-order valence-electron chi connectivity index (χ0n) is 27.1. The second-order valence-electron chi connectivity index (χ2n) is 12.6. The summed E-state index contributed by atoms with van der Waals surface area (Å²) in [6.45, 7) is 2.89. The molecule has 260 valence electrons. The van der Waals surface area contributed by atoms with Crippen LogP contribution in [0.2, 0.25) is 0 Å². The topological polar surface area (TPSA) is 214 Å². The van der Waals surface area contributed by atoms with Crippen LogP contribution in [0, 0.1) is 33.1 Å². The van der Waals surface area contributed by atoms with Crippen molar-refractivity contribution in [2.24, 2.45) is 5.92 Å². The molecule has 17 heteroatoms. The van der Waals surface area contributed by atoms with Gasteiger partial charge in [0.15, 0.2) is 0 Å². The van der Waals surface area contributed by atoms with Crippen LogP contribution in [0.1, 0.15) is 36.5 Å². The number of hydrogen-bond donors (Lipinski definition) is 2. The van der Waals surface area contributed by atoms with Gasteiger partial charge in [-0.3, -0.25) is 34.7 Å². The van der Waals surface area contributed by atoms with Crippen LogP contribution in [0.25, 0.3) is 0 Å². The van der Waals surface area contributed by atoms with Crippen molar-refractivity contribution in [2.45, 2.75) is 68.0 Å². The number of nitro benzene ring substituents is 2. The zero-order valence-corrected chi connectivity index (χ0v) is 27.9. The molecule has 49 heavy (non-hydrogen) atoms. The molecule has 3 aliphatic rings. The number of likely N-dealkylation sites (tertiary alicyclic amines) is 1. The molecule has 0 saturated carbocycles. The van der Waals surface area contributed by atoms with Crippen LogP contribution >= 0.6 is 11.8 Å². The Bertz CT molecular complexity index is 1760. The first-order valence-electron chi connectivity index (χ1n) is 15.4. The van der Waals surface area contributed by atoms with Crippen molar-refractivity contribution in [3.05, 3.63) is 84.6 Å². The highest BCUT2D eigenvalue weighted by Gasteiger charge is 2.56. The van der Waals surface area contributed by atoms with Crippen molar-refractivity contribution in [3.8, 4) is 0 Å². The van der Waals surface area contributed by atoms with Crippen molar-refractivity contribution in [1.29, 1.82) is 0 Å². The lowest BCUT2D eigenvalue weighted by atomic mass is 9.82. The first kappa shape index (κ1) is 35.3. The van der Waals surface area contributed by atoms with Crippen LogP contribution in [0.15, 0.2) is 52.6 Å². The molecular formula is C32H35N5O11S. The number of aliphatic hydroxyl groups excluding tert-OH is 1. The molecule has 0 spiro atoms. The Labute approximate surface area is 284 Å². The van der Waals surface area contributed by atoms with E-state index in [0.29, 0.717) is 22.3 Å². The highest BCUT2D eigenvalue weighted by Crippen LogP contribution is 2.46. The number of aliphatic carboxylic acids is 1. The number of amides is 3. The van der Waals surface area contributed by atoms with Crippen LogP contribution in [0.4, 0.5) is 16.2 Å². The monoisotopic (exact) mass is 697 g/mol. The standard InChI is InChI=1S/C32H35N5O11S/c1-16-9-19(10-20-12-23-26(17(2)38)30(40)35(23)28(20)31(41)42)11-25(27(16)37(46)47)49-22-13-24(29(39)33(3)4)34(14-22)32(43)48-15-18-5-7-21(8-6-18)36(44)45/h5-9,11,17,22-24,26,38H,10,12-15H2,1-4H3,(H,41,42)/t17-,22+,23-,24+,26-/m1/s1. The first-order chi connectivity index (χ1) is 23.1. The molecule has 5 rings (SSSR count). The van der Waals surface area contributed by atoms with Gasteiger partial charge >= 0.3 is 12.1 Å². The number of carbonyl (C=O) groups excluding carboxylic acids is 3. The van der Waals surface area contributed by atoms with Gasteiger partial charge in [-0.25, -0.2) is 9.59 Å². The average Bonchev–Trinajstić information content (AvgIpc) is 3.58. The molecule has 5 atom stereocenters. The number of β-lactam (4-membered cyclic amide) rings is 1. The Morgan fingerprint density at radius 3 is 2.35 bits per heavy atom. The van der Waals surface area contributed by atoms with Crippen LogP contribution < -0.4 is 0 Å². The summed E-state index contributed by atoms with van der Waals surface area (Å²) >= 11 is 1.13. The largest absolute Gasteiger partial charge is 0.477 e. The number of benzene rings is 2. The van der Waals surface area contributed by atoms with Gasteiger partial charge in [-0.05, 0) is 74.1 Å². The summed E-state index contributed by atoms with van der Waals surface area (Å²) < 4.78 is 5.46. The summed E-state index contributed by atoms with van der Waals surface area (Å²) in [6.07, 6.45) is -1.21. The molecule has 0 radical (unpaired) electrons.